The van der Waals surface area contributed by atoms with Crippen LogP contribution >= 0.6 is 0 Å². The lowest BCUT2D eigenvalue weighted by Gasteiger charge is -2.05. The van der Waals surface area contributed by atoms with Crippen LogP contribution in [0.5, 0.6) is 0 Å². The van der Waals surface area contributed by atoms with E-state index in [-0.39, 0.29) is 6.61 Å². The van der Waals surface area contributed by atoms with Crippen LogP contribution in [0.15, 0.2) is 12.4 Å². The zero-order valence-electron chi connectivity index (χ0n) is 9.73. The van der Waals surface area contributed by atoms with Crippen molar-refractivity contribution in [3.8, 4) is 5.82 Å². The minimum absolute atomic E-state index is 0.309. The first-order chi connectivity index (χ1) is 8.34. The van der Waals surface area contributed by atoms with Crippen LogP contribution in [-0.2, 0) is 19.8 Å². The van der Waals surface area contributed by atoms with Gasteiger partial charge in [-0.3, -0.25) is 4.68 Å². The lowest BCUT2D eigenvalue weighted by atomic mass is 10.2. The highest BCUT2D eigenvalue weighted by Crippen LogP contribution is 2.29. The van der Waals surface area contributed by atoms with Gasteiger partial charge in [0, 0.05) is 18.8 Å². The molecule has 2 aromatic heterocycles. The Morgan fingerprint density at radius 2 is 2.06 bits per heavy atom. The summed E-state index contributed by atoms with van der Waals surface area (Å²) >= 11 is 0. The van der Waals surface area contributed by atoms with E-state index < -0.39 is 11.7 Å². The van der Waals surface area contributed by atoms with E-state index in [0.29, 0.717) is 17.1 Å². The Morgan fingerprint density at radius 1 is 1.39 bits per heavy atom. The molecule has 5 nitrogen and oxygen atoms in total. The Bertz CT molecular complexity index is 570. The second kappa shape index (κ2) is 4.13. The topological polar surface area (TPSA) is 55.9 Å². The molecule has 0 unspecified atom stereocenters. The van der Waals surface area contributed by atoms with Gasteiger partial charge < -0.3 is 5.11 Å². The fraction of sp³-hybridized carbons (Fsp3) is 0.400. The number of aliphatic hydroxyl groups excluding tert-OH is 1. The van der Waals surface area contributed by atoms with E-state index in [2.05, 4.69) is 10.2 Å². The van der Waals surface area contributed by atoms with E-state index in [1.165, 1.54) is 4.68 Å². The van der Waals surface area contributed by atoms with Crippen molar-refractivity contribution in [2.75, 3.05) is 0 Å². The number of rotatable bonds is 2. The average molecular weight is 260 g/mol. The Morgan fingerprint density at radius 3 is 2.56 bits per heavy atom. The Labute approximate surface area is 100 Å². The van der Waals surface area contributed by atoms with Crippen molar-refractivity contribution >= 4 is 0 Å². The van der Waals surface area contributed by atoms with Crippen molar-refractivity contribution in [3.05, 3.63) is 29.2 Å². The number of hydrogen-bond donors (Lipinski definition) is 1. The Hall–Kier alpha value is -1.83. The molecular formula is C10H11F3N4O. The third-order valence-electron chi connectivity index (χ3n) is 2.60. The molecule has 8 heteroatoms. The molecule has 2 heterocycles. The molecule has 0 atom stereocenters. The maximum Gasteiger partial charge on any atom is 0.419 e. The van der Waals surface area contributed by atoms with E-state index in [1.807, 2.05) is 0 Å². The molecule has 0 saturated carbocycles. The van der Waals surface area contributed by atoms with E-state index in [0.717, 1.165) is 17.1 Å². The van der Waals surface area contributed by atoms with E-state index in [1.54, 1.807) is 14.0 Å². The van der Waals surface area contributed by atoms with Crippen LogP contribution < -0.4 is 0 Å². The number of aliphatic hydroxyl groups is 1. The van der Waals surface area contributed by atoms with Crippen molar-refractivity contribution in [2.45, 2.75) is 19.7 Å². The van der Waals surface area contributed by atoms with Gasteiger partial charge in [-0.2, -0.15) is 23.4 Å². The normalized spacial score (nSPS) is 12.1. The van der Waals surface area contributed by atoms with Crippen LogP contribution in [0.1, 0.15) is 16.8 Å². The van der Waals surface area contributed by atoms with Crippen LogP contribution in [0.25, 0.3) is 5.82 Å². The fourth-order valence-corrected chi connectivity index (χ4v) is 1.75. The highest BCUT2D eigenvalue weighted by atomic mass is 19.4. The van der Waals surface area contributed by atoms with Crippen LogP contribution in [0.2, 0.25) is 0 Å². The number of hydrogen-bond acceptors (Lipinski definition) is 3. The van der Waals surface area contributed by atoms with Gasteiger partial charge in [0.05, 0.1) is 24.1 Å². The summed E-state index contributed by atoms with van der Waals surface area (Å²) < 4.78 is 39.9. The Kier molecular flexibility index (Phi) is 2.89. The van der Waals surface area contributed by atoms with E-state index in [9.17, 15) is 18.3 Å². The SMILES string of the molecule is Cc1nn(C)c(-n2cc(C(F)(F)F)cn2)c1CO. The van der Waals surface area contributed by atoms with Crippen molar-refractivity contribution < 1.29 is 18.3 Å². The molecule has 0 spiro atoms. The van der Waals surface area contributed by atoms with Crippen molar-refractivity contribution in [1.82, 2.24) is 19.6 Å². The summed E-state index contributed by atoms with van der Waals surface area (Å²) in [6.07, 6.45) is -2.83. The predicted octanol–water partition coefficient (Wildman–Crippen LogP) is 1.43. The molecule has 0 aliphatic carbocycles. The third kappa shape index (κ3) is 1.99. The maximum absolute atomic E-state index is 12.5. The molecule has 0 aromatic carbocycles. The standard InChI is InChI=1S/C10H11F3N4O/c1-6-8(5-18)9(16(2)15-6)17-4-7(3-14-17)10(11,12)13/h3-4,18H,5H2,1-2H3. The van der Waals surface area contributed by atoms with E-state index >= 15 is 0 Å². The summed E-state index contributed by atoms with van der Waals surface area (Å²) in [6, 6.07) is 0. The summed E-state index contributed by atoms with van der Waals surface area (Å²) in [5.41, 5.74) is 0.165. The van der Waals surface area contributed by atoms with Gasteiger partial charge in [0.1, 0.15) is 0 Å². The molecule has 0 aliphatic heterocycles. The van der Waals surface area contributed by atoms with E-state index in [4.69, 9.17) is 0 Å². The number of halogens is 3. The molecule has 1 N–H and O–H groups in total. The molecule has 0 amide bonds. The van der Waals surface area contributed by atoms with Gasteiger partial charge >= 0.3 is 6.18 Å². The lowest BCUT2D eigenvalue weighted by molar-refractivity contribution is -0.137. The quantitative estimate of drug-likeness (QED) is 0.888. The second-order valence-corrected chi connectivity index (χ2v) is 3.84. The van der Waals surface area contributed by atoms with Gasteiger partial charge in [-0.1, -0.05) is 0 Å². The third-order valence-corrected chi connectivity index (χ3v) is 2.60. The van der Waals surface area contributed by atoms with Crippen molar-refractivity contribution in [1.29, 1.82) is 0 Å². The van der Waals surface area contributed by atoms with Crippen LogP contribution in [0, 0.1) is 6.92 Å². The van der Waals surface area contributed by atoms with Gasteiger partial charge in [0.25, 0.3) is 0 Å². The fourth-order valence-electron chi connectivity index (χ4n) is 1.75. The van der Waals surface area contributed by atoms with Gasteiger partial charge in [-0.25, -0.2) is 4.68 Å². The molecule has 0 bridgehead atoms. The summed E-state index contributed by atoms with van der Waals surface area (Å²) in [6.45, 7) is 1.36. The average Bonchev–Trinajstić information content (AvgIpc) is 2.81. The number of aryl methyl sites for hydroxylation is 2. The minimum Gasteiger partial charge on any atom is -0.391 e. The van der Waals surface area contributed by atoms with Gasteiger partial charge in [-0.15, -0.1) is 0 Å². The van der Waals surface area contributed by atoms with Crippen LogP contribution in [0.3, 0.4) is 0 Å². The molecule has 0 aliphatic rings. The summed E-state index contributed by atoms with van der Waals surface area (Å²) in [5, 5.41) is 16.9. The first-order valence-electron chi connectivity index (χ1n) is 5.10. The van der Waals surface area contributed by atoms with Crippen molar-refractivity contribution in [3.63, 3.8) is 0 Å². The van der Waals surface area contributed by atoms with Crippen molar-refractivity contribution in [2.24, 2.45) is 7.05 Å². The van der Waals surface area contributed by atoms with Gasteiger partial charge in [0.2, 0.25) is 0 Å². The van der Waals surface area contributed by atoms with Crippen LogP contribution in [-0.4, -0.2) is 24.7 Å². The maximum atomic E-state index is 12.5. The number of aromatic nitrogens is 4. The second-order valence-electron chi connectivity index (χ2n) is 3.84. The first-order valence-corrected chi connectivity index (χ1v) is 5.10. The largest absolute Gasteiger partial charge is 0.419 e. The van der Waals surface area contributed by atoms with Gasteiger partial charge in [0.15, 0.2) is 5.82 Å². The minimum atomic E-state index is -4.44. The molecular weight excluding hydrogens is 249 g/mol. The highest BCUT2D eigenvalue weighted by Gasteiger charge is 2.32. The number of nitrogens with zero attached hydrogens (tertiary/aromatic N) is 4. The Balaban J connectivity index is 2.53. The monoisotopic (exact) mass is 260 g/mol. The zero-order valence-corrected chi connectivity index (χ0v) is 9.73. The molecule has 2 rings (SSSR count). The smallest absolute Gasteiger partial charge is 0.391 e. The molecule has 0 radical (unpaired) electrons. The van der Waals surface area contributed by atoms with Gasteiger partial charge in [-0.05, 0) is 6.92 Å². The molecule has 0 fully saturated rings. The summed E-state index contributed by atoms with van der Waals surface area (Å²) in [7, 11) is 1.58. The lowest BCUT2D eigenvalue weighted by Crippen LogP contribution is -2.07. The zero-order chi connectivity index (χ0) is 13.5. The number of alkyl halides is 3. The predicted molar refractivity (Wildman–Crippen MR) is 56.0 cm³/mol. The van der Waals surface area contributed by atoms with Crippen LogP contribution in [0.4, 0.5) is 13.2 Å². The molecule has 0 saturated heterocycles. The summed E-state index contributed by atoms with van der Waals surface area (Å²) in [4.78, 5) is 0. The first kappa shape index (κ1) is 12.6. The molecule has 2 aromatic rings. The molecule has 98 valence electrons. The highest BCUT2D eigenvalue weighted by molar-refractivity contribution is 5.37. The molecule has 18 heavy (non-hydrogen) atoms. The summed E-state index contributed by atoms with van der Waals surface area (Å²) in [5.74, 6) is 0.325.